The fourth-order valence-electron chi connectivity index (χ4n) is 1.99. The third-order valence-electron chi connectivity index (χ3n) is 3.06. The van der Waals surface area contributed by atoms with Crippen LogP contribution in [-0.4, -0.2) is 27.1 Å². The summed E-state index contributed by atoms with van der Waals surface area (Å²) in [5.41, 5.74) is 0.758. The standard InChI is InChI=1S/C16H15ClO4/c1-19-11-5-7-15(21-3)13(9-11)16(18)12-8-10(17)4-6-14(12)20-2/h4-9H,1-3H3. The maximum absolute atomic E-state index is 12.8. The van der Waals surface area contributed by atoms with Crippen LogP contribution < -0.4 is 14.2 Å². The molecule has 0 aromatic heterocycles. The summed E-state index contributed by atoms with van der Waals surface area (Å²) in [4.78, 5) is 12.8. The van der Waals surface area contributed by atoms with E-state index in [0.29, 0.717) is 33.4 Å². The van der Waals surface area contributed by atoms with Crippen molar-refractivity contribution in [2.45, 2.75) is 0 Å². The monoisotopic (exact) mass is 306 g/mol. The molecule has 110 valence electrons. The molecule has 0 aliphatic carbocycles. The van der Waals surface area contributed by atoms with Gasteiger partial charge in [-0.05, 0) is 36.4 Å². The Labute approximate surface area is 128 Å². The Kier molecular flexibility index (Phi) is 4.70. The Hall–Kier alpha value is -2.20. The molecule has 0 unspecified atom stereocenters. The predicted octanol–water partition coefficient (Wildman–Crippen LogP) is 3.60. The van der Waals surface area contributed by atoms with Crippen molar-refractivity contribution < 1.29 is 19.0 Å². The van der Waals surface area contributed by atoms with Gasteiger partial charge in [-0.25, -0.2) is 0 Å². The molecular weight excluding hydrogens is 292 g/mol. The number of halogens is 1. The highest BCUT2D eigenvalue weighted by Crippen LogP contribution is 2.30. The van der Waals surface area contributed by atoms with Crippen LogP contribution in [0.2, 0.25) is 5.02 Å². The second-order valence-electron chi connectivity index (χ2n) is 4.24. The Balaban J connectivity index is 2.56. The summed E-state index contributed by atoms with van der Waals surface area (Å²) < 4.78 is 15.6. The summed E-state index contributed by atoms with van der Waals surface area (Å²) in [6, 6.07) is 9.93. The van der Waals surface area contributed by atoms with Gasteiger partial charge in [0.2, 0.25) is 5.78 Å². The fourth-order valence-corrected chi connectivity index (χ4v) is 2.17. The maximum Gasteiger partial charge on any atom is 0.200 e. The summed E-state index contributed by atoms with van der Waals surface area (Å²) in [6.07, 6.45) is 0. The van der Waals surface area contributed by atoms with E-state index in [1.54, 1.807) is 36.4 Å². The molecule has 0 saturated carbocycles. The van der Waals surface area contributed by atoms with Crippen LogP contribution in [0.3, 0.4) is 0 Å². The Morgan fingerprint density at radius 3 is 2.00 bits per heavy atom. The van der Waals surface area contributed by atoms with E-state index < -0.39 is 0 Å². The zero-order valence-corrected chi connectivity index (χ0v) is 12.7. The van der Waals surface area contributed by atoms with Gasteiger partial charge >= 0.3 is 0 Å². The summed E-state index contributed by atoms with van der Waals surface area (Å²) in [6.45, 7) is 0. The summed E-state index contributed by atoms with van der Waals surface area (Å²) in [5, 5.41) is 0.459. The molecule has 0 saturated heterocycles. The molecular formula is C16H15ClO4. The van der Waals surface area contributed by atoms with Gasteiger partial charge in [0.25, 0.3) is 0 Å². The van der Waals surface area contributed by atoms with Crippen LogP contribution in [0.4, 0.5) is 0 Å². The summed E-state index contributed by atoms with van der Waals surface area (Å²) in [5.74, 6) is 1.24. The molecule has 5 heteroatoms. The van der Waals surface area contributed by atoms with Gasteiger partial charge in [-0.3, -0.25) is 4.79 Å². The van der Waals surface area contributed by atoms with Gasteiger partial charge in [0.05, 0.1) is 32.5 Å². The average molecular weight is 307 g/mol. The first kappa shape index (κ1) is 15.2. The normalized spacial score (nSPS) is 10.1. The number of carbonyl (C=O) groups excluding carboxylic acids is 1. The van der Waals surface area contributed by atoms with E-state index in [-0.39, 0.29) is 5.78 Å². The lowest BCUT2D eigenvalue weighted by atomic mass is 10.0. The van der Waals surface area contributed by atoms with E-state index in [2.05, 4.69) is 0 Å². The molecule has 4 nitrogen and oxygen atoms in total. The first-order chi connectivity index (χ1) is 10.1. The van der Waals surface area contributed by atoms with Gasteiger partial charge in [0, 0.05) is 5.02 Å². The van der Waals surface area contributed by atoms with Crippen molar-refractivity contribution in [1.82, 2.24) is 0 Å². The van der Waals surface area contributed by atoms with Crippen LogP contribution >= 0.6 is 11.6 Å². The van der Waals surface area contributed by atoms with Crippen molar-refractivity contribution in [2.75, 3.05) is 21.3 Å². The van der Waals surface area contributed by atoms with Crippen LogP contribution in [0.25, 0.3) is 0 Å². The fraction of sp³-hybridized carbons (Fsp3) is 0.188. The maximum atomic E-state index is 12.8. The predicted molar refractivity (Wildman–Crippen MR) is 81.0 cm³/mol. The van der Waals surface area contributed by atoms with Crippen LogP contribution in [0.15, 0.2) is 36.4 Å². The number of ketones is 1. The van der Waals surface area contributed by atoms with Crippen LogP contribution in [-0.2, 0) is 0 Å². The van der Waals surface area contributed by atoms with Gasteiger partial charge < -0.3 is 14.2 Å². The Morgan fingerprint density at radius 1 is 0.857 bits per heavy atom. The second-order valence-corrected chi connectivity index (χ2v) is 4.68. The summed E-state index contributed by atoms with van der Waals surface area (Å²) >= 11 is 5.97. The topological polar surface area (TPSA) is 44.8 Å². The zero-order chi connectivity index (χ0) is 15.4. The van der Waals surface area contributed by atoms with Gasteiger partial charge in [-0.15, -0.1) is 0 Å². The Morgan fingerprint density at radius 2 is 1.43 bits per heavy atom. The molecule has 0 fully saturated rings. The van der Waals surface area contributed by atoms with Crippen molar-refractivity contribution in [1.29, 1.82) is 0 Å². The molecule has 21 heavy (non-hydrogen) atoms. The molecule has 0 heterocycles. The van der Waals surface area contributed by atoms with E-state index in [1.165, 1.54) is 21.3 Å². The van der Waals surface area contributed by atoms with E-state index in [1.807, 2.05) is 0 Å². The quantitative estimate of drug-likeness (QED) is 0.792. The minimum absolute atomic E-state index is 0.245. The molecule has 0 atom stereocenters. The second kappa shape index (κ2) is 6.50. The number of ether oxygens (including phenoxy) is 3. The number of methoxy groups -OCH3 is 3. The molecule has 0 N–H and O–H groups in total. The number of rotatable bonds is 5. The lowest BCUT2D eigenvalue weighted by Crippen LogP contribution is -2.06. The van der Waals surface area contributed by atoms with E-state index in [0.717, 1.165) is 0 Å². The number of carbonyl (C=O) groups is 1. The molecule has 0 amide bonds. The van der Waals surface area contributed by atoms with Crippen LogP contribution in [0, 0.1) is 0 Å². The van der Waals surface area contributed by atoms with E-state index in [9.17, 15) is 4.79 Å². The number of hydrogen-bond donors (Lipinski definition) is 0. The van der Waals surface area contributed by atoms with Gasteiger partial charge in [0.1, 0.15) is 17.2 Å². The molecule has 0 spiro atoms. The molecule has 2 aromatic rings. The Bertz CT molecular complexity index is 667. The third kappa shape index (κ3) is 3.11. The highest BCUT2D eigenvalue weighted by atomic mass is 35.5. The molecule has 2 aromatic carbocycles. The third-order valence-corrected chi connectivity index (χ3v) is 3.29. The first-order valence-electron chi connectivity index (χ1n) is 6.21. The largest absolute Gasteiger partial charge is 0.497 e. The lowest BCUT2D eigenvalue weighted by molar-refractivity contribution is 0.103. The van der Waals surface area contributed by atoms with Crippen molar-refractivity contribution >= 4 is 17.4 Å². The smallest absolute Gasteiger partial charge is 0.200 e. The van der Waals surface area contributed by atoms with Crippen LogP contribution in [0.5, 0.6) is 17.2 Å². The van der Waals surface area contributed by atoms with Crippen molar-refractivity contribution in [3.63, 3.8) is 0 Å². The molecule has 0 bridgehead atoms. The number of benzene rings is 2. The highest BCUT2D eigenvalue weighted by molar-refractivity contribution is 6.31. The minimum atomic E-state index is -0.245. The van der Waals surface area contributed by atoms with Crippen molar-refractivity contribution in [3.8, 4) is 17.2 Å². The first-order valence-corrected chi connectivity index (χ1v) is 6.58. The van der Waals surface area contributed by atoms with Crippen LogP contribution in [0.1, 0.15) is 15.9 Å². The van der Waals surface area contributed by atoms with Gasteiger partial charge in [-0.2, -0.15) is 0 Å². The van der Waals surface area contributed by atoms with Crippen molar-refractivity contribution in [2.24, 2.45) is 0 Å². The average Bonchev–Trinajstić information content (AvgIpc) is 2.53. The SMILES string of the molecule is COc1ccc(OC)c(C(=O)c2cc(Cl)ccc2OC)c1. The van der Waals surface area contributed by atoms with Gasteiger partial charge in [-0.1, -0.05) is 11.6 Å². The van der Waals surface area contributed by atoms with Gasteiger partial charge in [0.15, 0.2) is 0 Å². The summed E-state index contributed by atoms with van der Waals surface area (Å²) in [7, 11) is 4.55. The molecule has 0 aliphatic rings. The van der Waals surface area contributed by atoms with E-state index >= 15 is 0 Å². The minimum Gasteiger partial charge on any atom is -0.497 e. The molecule has 0 aliphatic heterocycles. The molecule has 2 rings (SSSR count). The lowest BCUT2D eigenvalue weighted by Gasteiger charge is -2.12. The molecule has 0 radical (unpaired) electrons. The van der Waals surface area contributed by atoms with E-state index in [4.69, 9.17) is 25.8 Å². The highest BCUT2D eigenvalue weighted by Gasteiger charge is 2.19. The van der Waals surface area contributed by atoms with Crippen molar-refractivity contribution in [3.05, 3.63) is 52.5 Å². The zero-order valence-electron chi connectivity index (χ0n) is 12.0. The number of hydrogen-bond acceptors (Lipinski definition) is 4.